The van der Waals surface area contributed by atoms with E-state index in [4.69, 9.17) is 15.6 Å². The zero-order valence-electron chi connectivity index (χ0n) is 36.6. The molecule has 0 bridgehead atoms. The Labute approximate surface area is 383 Å². The Bertz CT molecular complexity index is 2540. The average Bonchev–Trinajstić information content (AvgIpc) is 3.89. The highest BCUT2D eigenvalue weighted by atomic mass is 32.2. The maximum Gasteiger partial charge on any atom is 0.255 e. The summed E-state index contributed by atoms with van der Waals surface area (Å²) < 4.78 is 7.93. The van der Waals surface area contributed by atoms with Gasteiger partial charge in [-0.15, -0.1) is 11.8 Å². The number of unbranched alkanes of at least 4 members (excludes halogenated alkanes) is 3. The number of hydrogen-bond donors (Lipinski definition) is 2. The SMILES string of the molecule is Nc1ncnc2c1c(-c1ccc(Oc3ccccc3)cc1)nn2[C@@H]1CCCN(C(=O)/C=C/CN2CCN(CCCCCCSc3cccc4c3CN(C3CCC(=O)NC3=O)C4=O)CC2)C1. The van der Waals surface area contributed by atoms with E-state index in [1.165, 1.54) is 19.2 Å². The Morgan fingerprint density at radius 2 is 1.65 bits per heavy atom. The van der Waals surface area contributed by atoms with E-state index in [1.807, 2.05) is 82.4 Å². The van der Waals surface area contributed by atoms with Crippen LogP contribution in [0.5, 0.6) is 11.5 Å². The first-order valence-electron chi connectivity index (χ1n) is 22.9. The molecule has 0 saturated carbocycles. The summed E-state index contributed by atoms with van der Waals surface area (Å²) >= 11 is 1.79. The molecule has 3 N–H and O–H groups in total. The molecule has 4 aliphatic heterocycles. The number of piperazine rings is 1. The van der Waals surface area contributed by atoms with Gasteiger partial charge in [0.15, 0.2) is 5.65 Å². The van der Waals surface area contributed by atoms with E-state index in [9.17, 15) is 19.2 Å². The minimum Gasteiger partial charge on any atom is -0.457 e. The van der Waals surface area contributed by atoms with Gasteiger partial charge < -0.3 is 25.2 Å². The number of carbonyl (C=O) groups excluding carboxylic acids is 4. The first kappa shape index (κ1) is 44.1. The van der Waals surface area contributed by atoms with Crippen molar-refractivity contribution in [1.29, 1.82) is 0 Å². The molecular weight excluding hydrogens is 841 g/mol. The number of thioether (sulfide) groups is 1. The molecule has 9 rings (SSSR count). The van der Waals surface area contributed by atoms with Crippen LogP contribution >= 0.6 is 11.8 Å². The number of fused-ring (bicyclic) bond motifs is 2. The second-order valence-electron chi connectivity index (χ2n) is 17.3. The van der Waals surface area contributed by atoms with Crippen molar-refractivity contribution in [2.45, 2.75) is 74.9 Å². The van der Waals surface area contributed by atoms with E-state index in [2.05, 4.69) is 31.2 Å². The lowest BCUT2D eigenvalue weighted by atomic mass is 10.0. The van der Waals surface area contributed by atoms with Gasteiger partial charge in [0, 0.05) is 80.9 Å². The van der Waals surface area contributed by atoms with E-state index < -0.39 is 6.04 Å². The van der Waals surface area contributed by atoms with Crippen molar-refractivity contribution in [2.75, 3.05) is 63.8 Å². The Morgan fingerprint density at radius 1 is 0.862 bits per heavy atom. The number of nitrogens with zero attached hydrogens (tertiary/aromatic N) is 8. The molecule has 338 valence electrons. The average molecular weight is 897 g/mol. The zero-order valence-corrected chi connectivity index (χ0v) is 37.5. The summed E-state index contributed by atoms with van der Waals surface area (Å²) in [6.07, 6.45) is 12.2. The number of likely N-dealkylation sites (tertiary alicyclic amines) is 1. The second-order valence-corrected chi connectivity index (χ2v) is 18.4. The summed E-state index contributed by atoms with van der Waals surface area (Å²) in [7, 11) is 0. The van der Waals surface area contributed by atoms with E-state index in [0.717, 1.165) is 98.2 Å². The molecule has 4 aliphatic rings. The number of imide groups is 1. The van der Waals surface area contributed by atoms with Gasteiger partial charge in [-0.3, -0.25) is 29.4 Å². The van der Waals surface area contributed by atoms with E-state index in [-0.39, 0.29) is 36.1 Å². The van der Waals surface area contributed by atoms with Gasteiger partial charge in [-0.05, 0) is 98.5 Å². The lowest BCUT2D eigenvalue weighted by molar-refractivity contribution is -0.137. The zero-order chi connectivity index (χ0) is 44.7. The number of anilines is 1. The van der Waals surface area contributed by atoms with Gasteiger partial charge >= 0.3 is 0 Å². The lowest BCUT2D eigenvalue weighted by Gasteiger charge is -2.34. The number of hydrogen-bond acceptors (Lipinski definition) is 12. The highest BCUT2D eigenvalue weighted by molar-refractivity contribution is 7.99. The molecule has 2 aromatic heterocycles. The van der Waals surface area contributed by atoms with Crippen molar-refractivity contribution in [1.82, 2.24) is 44.7 Å². The molecule has 0 aliphatic carbocycles. The molecule has 15 nitrogen and oxygen atoms in total. The van der Waals surface area contributed by atoms with Crippen LogP contribution in [0, 0.1) is 0 Å². The summed E-state index contributed by atoms with van der Waals surface area (Å²) in [6, 6.07) is 22.6. The molecule has 0 radical (unpaired) electrons. The normalized spacial score (nSPS) is 19.6. The highest BCUT2D eigenvalue weighted by Crippen LogP contribution is 2.36. The fourth-order valence-electron chi connectivity index (χ4n) is 9.38. The molecule has 3 fully saturated rings. The molecule has 2 atom stereocenters. The van der Waals surface area contributed by atoms with Crippen molar-refractivity contribution in [3.05, 3.63) is 102 Å². The number of ether oxygens (including phenoxy) is 1. The van der Waals surface area contributed by atoms with Gasteiger partial charge in [-0.25, -0.2) is 14.6 Å². The highest BCUT2D eigenvalue weighted by Gasteiger charge is 2.40. The molecule has 1 unspecified atom stereocenters. The quantitative estimate of drug-likeness (QED) is 0.0490. The van der Waals surface area contributed by atoms with Crippen LogP contribution < -0.4 is 15.8 Å². The van der Waals surface area contributed by atoms with Crippen molar-refractivity contribution in [3.63, 3.8) is 0 Å². The number of piperidine rings is 2. The Morgan fingerprint density at radius 3 is 2.46 bits per heavy atom. The van der Waals surface area contributed by atoms with Gasteiger partial charge in [0.25, 0.3) is 5.91 Å². The topological polar surface area (TPSA) is 172 Å². The smallest absolute Gasteiger partial charge is 0.255 e. The molecule has 4 amide bonds. The third-order valence-corrected chi connectivity index (χ3v) is 14.1. The number of nitrogens with two attached hydrogens (primary N) is 1. The minimum atomic E-state index is -0.593. The third-order valence-electron chi connectivity index (χ3n) is 12.9. The molecule has 0 spiro atoms. The summed E-state index contributed by atoms with van der Waals surface area (Å²) in [6.45, 7) is 7.51. The minimum absolute atomic E-state index is 0.0192. The predicted molar refractivity (Wildman–Crippen MR) is 250 cm³/mol. The maximum absolute atomic E-state index is 13.5. The largest absolute Gasteiger partial charge is 0.457 e. The van der Waals surface area contributed by atoms with E-state index in [0.29, 0.717) is 54.2 Å². The van der Waals surface area contributed by atoms with Crippen LogP contribution in [0.3, 0.4) is 0 Å². The van der Waals surface area contributed by atoms with Gasteiger partial charge in [0.1, 0.15) is 35.4 Å². The Balaban J connectivity index is 0.685. The number of benzene rings is 3. The second kappa shape index (κ2) is 20.4. The van der Waals surface area contributed by atoms with Crippen molar-refractivity contribution >= 4 is 52.2 Å². The number of rotatable bonds is 16. The van der Waals surface area contributed by atoms with Gasteiger partial charge in [0.2, 0.25) is 17.7 Å². The van der Waals surface area contributed by atoms with Crippen LogP contribution in [0.1, 0.15) is 73.3 Å². The molecule has 6 heterocycles. The molecule has 5 aromatic rings. The molecular formula is C49H56N10O5S. The first-order chi connectivity index (χ1) is 31.8. The molecule has 3 aromatic carbocycles. The standard InChI is InChI=1S/C49H56N10O5S/c50-46-44-45(34-17-19-37(20-18-34)64-36-12-4-3-5-13-36)54-59(47(44)52-33-51-46)35-11-9-25-57(31-35)43(61)16-10-24-56-28-26-55(27-29-56)23-6-1-2-7-30-65-41-15-8-14-38-39(41)32-58(49(38)63)40-21-22-42(60)53-48(40)62/h3-5,8,10,12-20,33,35,40H,1-2,6-7,9,11,21-32H2,(H2,50,51,52)(H,53,60,62)/b16-10+/t35-,40?/m1/s1. The number of nitrogen functional groups attached to an aromatic ring is 1. The van der Waals surface area contributed by atoms with Crippen LogP contribution in [0.25, 0.3) is 22.3 Å². The molecule has 3 saturated heterocycles. The fourth-order valence-corrected chi connectivity index (χ4v) is 10.5. The third kappa shape index (κ3) is 10.2. The summed E-state index contributed by atoms with van der Waals surface area (Å²) in [5.41, 5.74) is 10.3. The number of nitrogens with one attached hydrogen (secondary N) is 1. The number of aromatic nitrogens is 4. The van der Waals surface area contributed by atoms with Crippen LogP contribution in [-0.4, -0.2) is 127 Å². The number of para-hydroxylation sites is 1. The van der Waals surface area contributed by atoms with Gasteiger partial charge in [0.05, 0.1) is 11.4 Å². The molecule has 16 heteroatoms. The first-order valence-corrected chi connectivity index (χ1v) is 23.9. The van der Waals surface area contributed by atoms with Gasteiger partial charge in [-0.1, -0.05) is 43.2 Å². The van der Waals surface area contributed by atoms with Crippen molar-refractivity contribution < 1.29 is 23.9 Å². The number of carbonyl (C=O) groups is 4. The predicted octanol–water partition coefficient (Wildman–Crippen LogP) is 6.32. The van der Waals surface area contributed by atoms with Crippen LogP contribution in [-0.2, 0) is 20.9 Å². The van der Waals surface area contributed by atoms with Crippen molar-refractivity contribution in [3.8, 4) is 22.8 Å². The summed E-state index contributed by atoms with van der Waals surface area (Å²) in [5, 5.41) is 8.14. The van der Waals surface area contributed by atoms with Crippen molar-refractivity contribution in [2.24, 2.45) is 0 Å². The Hall–Kier alpha value is -6.10. The maximum atomic E-state index is 13.5. The summed E-state index contributed by atoms with van der Waals surface area (Å²) in [4.78, 5) is 69.3. The summed E-state index contributed by atoms with van der Waals surface area (Å²) in [5.74, 6) is 2.07. The molecule has 65 heavy (non-hydrogen) atoms. The van der Waals surface area contributed by atoms with E-state index in [1.54, 1.807) is 22.7 Å². The van der Waals surface area contributed by atoms with E-state index >= 15 is 0 Å². The monoisotopic (exact) mass is 896 g/mol. The van der Waals surface area contributed by atoms with Crippen LogP contribution in [0.2, 0.25) is 0 Å². The lowest BCUT2D eigenvalue weighted by Crippen LogP contribution is -2.52. The number of amides is 4. The fraction of sp³-hybridized carbons (Fsp3) is 0.408. The van der Waals surface area contributed by atoms with Crippen LogP contribution in [0.15, 0.2) is 96.2 Å². The van der Waals surface area contributed by atoms with Crippen LogP contribution in [0.4, 0.5) is 5.82 Å². The van der Waals surface area contributed by atoms with Gasteiger partial charge in [-0.2, -0.15) is 5.10 Å². The Kier molecular flexibility index (Phi) is 13.8.